The van der Waals surface area contributed by atoms with Crippen LogP contribution in [0.1, 0.15) is 11.1 Å². The number of rotatable bonds is 4. The molecule has 1 spiro atoms. The van der Waals surface area contributed by atoms with Gasteiger partial charge in [0.25, 0.3) is 0 Å². The first-order chi connectivity index (χ1) is 11.9. The number of hydrogen-bond acceptors (Lipinski definition) is 4. The molecular formula is C19H22N2O3S. The van der Waals surface area contributed by atoms with Gasteiger partial charge >= 0.3 is 0 Å². The summed E-state index contributed by atoms with van der Waals surface area (Å²) in [5.74, 6) is 0. The summed E-state index contributed by atoms with van der Waals surface area (Å²) < 4.78 is 27.0. The predicted molar refractivity (Wildman–Crippen MR) is 95.5 cm³/mol. The smallest absolute Gasteiger partial charge is 0.243 e. The number of likely N-dealkylation sites (tertiary alicyclic amines) is 1. The molecule has 2 aromatic carbocycles. The molecule has 0 bridgehead atoms. The van der Waals surface area contributed by atoms with Gasteiger partial charge in [-0.3, -0.25) is 4.90 Å². The largest absolute Gasteiger partial charge is 0.390 e. The van der Waals surface area contributed by atoms with Crippen molar-refractivity contribution in [2.45, 2.75) is 30.0 Å². The van der Waals surface area contributed by atoms with E-state index in [2.05, 4.69) is 17.0 Å². The van der Waals surface area contributed by atoms with E-state index < -0.39 is 21.7 Å². The van der Waals surface area contributed by atoms with Gasteiger partial charge in [-0.1, -0.05) is 48.0 Å². The number of benzene rings is 2. The van der Waals surface area contributed by atoms with Crippen molar-refractivity contribution in [1.82, 2.24) is 9.21 Å². The normalized spacial score (nSPS) is 23.2. The highest BCUT2D eigenvalue weighted by Gasteiger charge is 2.62. The van der Waals surface area contributed by atoms with Crippen molar-refractivity contribution in [1.29, 1.82) is 0 Å². The first-order valence-electron chi connectivity index (χ1n) is 8.46. The molecular weight excluding hydrogens is 336 g/mol. The Morgan fingerprint density at radius 2 is 1.72 bits per heavy atom. The van der Waals surface area contributed by atoms with Crippen molar-refractivity contribution < 1.29 is 13.5 Å². The molecule has 2 aliphatic heterocycles. The second kappa shape index (κ2) is 5.92. The van der Waals surface area contributed by atoms with E-state index in [0.29, 0.717) is 24.5 Å². The minimum Gasteiger partial charge on any atom is -0.390 e. The maximum atomic E-state index is 12.8. The minimum atomic E-state index is -3.49. The summed E-state index contributed by atoms with van der Waals surface area (Å²) in [6.45, 7) is 3.94. The highest BCUT2D eigenvalue weighted by molar-refractivity contribution is 7.89. The fraction of sp³-hybridized carbons (Fsp3) is 0.368. The van der Waals surface area contributed by atoms with Gasteiger partial charge in [0.2, 0.25) is 10.0 Å². The van der Waals surface area contributed by atoms with Crippen molar-refractivity contribution in [3.8, 4) is 0 Å². The number of β-amino-alcohol motifs (C(OH)–C–C–N with tert-alkyl or cyclic N) is 1. The molecule has 6 heteroatoms. The molecule has 0 aliphatic carbocycles. The lowest BCUT2D eigenvalue weighted by Crippen LogP contribution is -2.84. The number of sulfonamides is 1. The van der Waals surface area contributed by atoms with Gasteiger partial charge in [0.05, 0.1) is 16.5 Å². The van der Waals surface area contributed by atoms with Crippen LogP contribution >= 0.6 is 0 Å². The standard InChI is InChI=1S/C19H22N2O3S/c1-15-7-9-17(10-8-15)25(23,24)21-13-19(14-21)18(22)12-20(19)11-16-5-3-2-4-6-16/h2-10,18,22H,11-14H2,1H3/t18-/m1/s1. The Bertz CT molecular complexity index is 859. The second-order valence-corrected chi connectivity index (χ2v) is 9.01. The topological polar surface area (TPSA) is 60.9 Å². The molecule has 4 rings (SSSR count). The Morgan fingerprint density at radius 1 is 1.08 bits per heavy atom. The first-order valence-corrected chi connectivity index (χ1v) is 9.90. The summed E-state index contributed by atoms with van der Waals surface area (Å²) in [6.07, 6.45) is -0.472. The molecule has 2 aromatic rings. The van der Waals surface area contributed by atoms with E-state index in [9.17, 15) is 13.5 Å². The summed E-state index contributed by atoms with van der Waals surface area (Å²) in [6, 6.07) is 17.0. The quantitative estimate of drug-likeness (QED) is 0.902. The molecule has 5 nitrogen and oxygen atoms in total. The van der Waals surface area contributed by atoms with E-state index in [0.717, 1.165) is 12.1 Å². The molecule has 1 atom stereocenters. The van der Waals surface area contributed by atoms with Crippen LogP contribution < -0.4 is 0 Å². The van der Waals surface area contributed by atoms with Crippen LogP contribution in [0.2, 0.25) is 0 Å². The third-order valence-corrected chi connectivity index (χ3v) is 7.22. The molecule has 0 radical (unpaired) electrons. The zero-order valence-electron chi connectivity index (χ0n) is 14.2. The number of hydrogen-bond donors (Lipinski definition) is 1. The molecule has 2 aliphatic rings. The molecule has 0 saturated carbocycles. The fourth-order valence-corrected chi connectivity index (χ4v) is 5.25. The van der Waals surface area contributed by atoms with E-state index in [1.165, 1.54) is 9.87 Å². The third kappa shape index (κ3) is 2.69. The van der Waals surface area contributed by atoms with Gasteiger partial charge < -0.3 is 5.11 Å². The van der Waals surface area contributed by atoms with Crippen molar-refractivity contribution >= 4 is 10.0 Å². The molecule has 0 unspecified atom stereocenters. The zero-order valence-corrected chi connectivity index (χ0v) is 15.0. The van der Waals surface area contributed by atoms with Crippen molar-refractivity contribution in [2.24, 2.45) is 0 Å². The summed E-state index contributed by atoms with van der Waals surface area (Å²) >= 11 is 0. The Balaban J connectivity index is 1.48. The lowest BCUT2D eigenvalue weighted by molar-refractivity contribution is -0.190. The SMILES string of the molecule is Cc1ccc(S(=O)(=O)N2CC3(C2)[C@H](O)CN3Cc2ccccc2)cc1. The van der Waals surface area contributed by atoms with Gasteiger partial charge in [0.15, 0.2) is 0 Å². The van der Waals surface area contributed by atoms with Crippen molar-refractivity contribution in [3.63, 3.8) is 0 Å². The van der Waals surface area contributed by atoms with Crippen LogP contribution in [0.4, 0.5) is 0 Å². The van der Waals surface area contributed by atoms with E-state index in [1.54, 1.807) is 12.1 Å². The van der Waals surface area contributed by atoms with Crippen LogP contribution in [0.15, 0.2) is 59.5 Å². The first kappa shape index (κ1) is 16.7. The zero-order chi connectivity index (χ0) is 17.7. The number of aryl methyl sites for hydroxylation is 1. The van der Waals surface area contributed by atoms with Gasteiger partial charge in [-0.25, -0.2) is 8.42 Å². The van der Waals surface area contributed by atoms with E-state index in [-0.39, 0.29) is 0 Å². The highest BCUT2D eigenvalue weighted by atomic mass is 32.2. The predicted octanol–water partition coefficient (Wildman–Crippen LogP) is 1.61. The van der Waals surface area contributed by atoms with Crippen LogP contribution in [-0.2, 0) is 16.6 Å². The van der Waals surface area contributed by atoms with Gasteiger partial charge in [-0.15, -0.1) is 0 Å². The molecule has 2 fully saturated rings. The van der Waals surface area contributed by atoms with Gasteiger partial charge in [-0.05, 0) is 24.6 Å². The minimum absolute atomic E-state index is 0.316. The summed E-state index contributed by atoms with van der Waals surface area (Å²) in [5.41, 5.74) is 1.77. The van der Waals surface area contributed by atoms with Crippen LogP contribution in [0.5, 0.6) is 0 Å². The summed E-state index contributed by atoms with van der Waals surface area (Å²) in [4.78, 5) is 2.50. The number of aliphatic hydroxyl groups excluding tert-OH is 1. The average molecular weight is 358 g/mol. The second-order valence-electron chi connectivity index (χ2n) is 7.07. The Hall–Kier alpha value is -1.73. The highest BCUT2D eigenvalue weighted by Crippen LogP contribution is 2.42. The van der Waals surface area contributed by atoms with Crippen LogP contribution in [0.3, 0.4) is 0 Å². The molecule has 0 amide bonds. The number of nitrogens with zero attached hydrogens (tertiary/aromatic N) is 2. The fourth-order valence-electron chi connectivity index (χ4n) is 3.69. The van der Waals surface area contributed by atoms with E-state index >= 15 is 0 Å². The molecule has 2 heterocycles. The maximum Gasteiger partial charge on any atom is 0.243 e. The third-order valence-electron chi connectivity index (χ3n) is 5.42. The maximum absolute atomic E-state index is 12.8. The molecule has 132 valence electrons. The summed E-state index contributed by atoms with van der Waals surface area (Å²) in [7, 11) is -3.49. The van der Waals surface area contributed by atoms with Crippen molar-refractivity contribution in [2.75, 3.05) is 19.6 Å². The molecule has 1 N–H and O–H groups in total. The Morgan fingerprint density at radius 3 is 2.32 bits per heavy atom. The van der Waals surface area contributed by atoms with E-state index in [4.69, 9.17) is 0 Å². The van der Waals surface area contributed by atoms with Crippen LogP contribution in [0.25, 0.3) is 0 Å². The number of aliphatic hydroxyl groups is 1. The van der Waals surface area contributed by atoms with Crippen LogP contribution in [0, 0.1) is 6.92 Å². The van der Waals surface area contributed by atoms with Crippen LogP contribution in [-0.4, -0.2) is 54.0 Å². The lowest BCUT2D eigenvalue weighted by atomic mass is 9.76. The average Bonchev–Trinajstić information content (AvgIpc) is 2.54. The van der Waals surface area contributed by atoms with Gasteiger partial charge in [0, 0.05) is 26.2 Å². The Labute approximate surface area is 148 Å². The molecule has 25 heavy (non-hydrogen) atoms. The van der Waals surface area contributed by atoms with Gasteiger partial charge in [-0.2, -0.15) is 4.31 Å². The van der Waals surface area contributed by atoms with Gasteiger partial charge in [0.1, 0.15) is 0 Å². The summed E-state index contributed by atoms with van der Waals surface area (Å²) in [5, 5.41) is 10.3. The van der Waals surface area contributed by atoms with Crippen molar-refractivity contribution in [3.05, 3.63) is 65.7 Å². The Kier molecular flexibility index (Phi) is 3.96. The molecule has 2 saturated heterocycles. The lowest BCUT2D eigenvalue weighted by Gasteiger charge is -2.64. The van der Waals surface area contributed by atoms with E-state index in [1.807, 2.05) is 37.3 Å². The monoisotopic (exact) mass is 358 g/mol. The molecule has 0 aromatic heterocycles.